The number of imidazole rings is 1. The van der Waals surface area contributed by atoms with Crippen molar-refractivity contribution in [3.8, 4) is 0 Å². The van der Waals surface area contributed by atoms with Crippen molar-refractivity contribution in [3.05, 3.63) is 83.2 Å². The molecule has 1 amide bonds. The molecule has 0 radical (unpaired) electrons. The van der Waals surface area contributed by atoms with Crippen LogP contribution >= 0.6 is 11.8 Å². The lowest BCUT2D eigenvalue weighted by molar-refractivity contribution is -0.128. The quantitative estimate of drug-likeness (QED) is 0.665. The molecule has 0 bridgehead atoms. The van der Waals surface area contributed by atoms with Crippen LogP contribution in [0.25, 0.3) is 0 Å². The van der Waals surface area contributed by atoms with Crippen LogP contribution in [0.3, 0.4) is 0 Å². The van der Waals surface area contributed by atoms with Crippen molar-refractivity contribution >= 4 is 17.7 Å². The molecule has 0 aliphatic carbocycles. The molecule has 0 aliphatic heterocycles. The number of amides is 1. The number of hydrogen-bond acceptors (Lipinski definition) is 3. The van der Waals surface area contributed by atoms with Gasteiger partial charge in [0.2, 0.25) is 5.91 Å². The maximum Gasteiger partial charge on any atom is 0.240 e. The van der Waals surface area contributed by atoms with Gasteiger partial charge in [-0.15, -0.1) is 0 Å². The molecule has 1 atom stereocenters. The van der Waals surface area contributed by atoms with Crippen molar-refractivity contribution in [2.24, 2.45) is 0 Å². The van der Waals surface area contributed by atoms with E-state index in [1.54, 1.807) is 19.0 Å². The minimum Gasteiger partial charge on any atom is -0.348 e. The fraction of sp³-hybridized carbons (Fsp3) is 0.238. The molecule has 1 heterocycles. The lowest BCUT2D eigenvalue weighted by Crippen LogP contribution is -2.26. The molecule has 0 saturated carbocycles. The number of carbonyl (C=O) groups is 1. The van der Waals surface area contributed by atoms with Crippen LogP contribution in [0.15, 0.2) is 65.8 Å². The van der Waals surface area contributed by atoms with Crippen LogP contribution < -0.4 is 0 Å². The van der Waals surface area contributed by atoms with Crippen LogP contribution in [0.4, 0.5) is 0 Å². The summed E-state index contributed by atoms with van der Waals surface area (Å²) in [7, 11) is 3.57. The molecule has 0 fully saturated rings. The molecule has 1 N–H and O–H groups in total. The predicted octanol–water partition coefficient (Wildman–Crippen LogP) is 4.23. The molecule has 1 unspecified atom stereocenters. The Hall–Kier alpha value is -2.53. The first-order valence-electron chi connectivity index (χ1n) is 8.57. The lowest BCUT2D eigenvalue weighted by Gasteiger charge is -2.19. The van der Waals surface area contributed by atoms with Gasteiger partial charge in [0.15, 0.2) is 5.16 Å². The smallest absolute Gasteiger partial charge is 0.240 e. The zero-order valence-corrected chi connectivity index (χ0v) is 16.1. The molecule has 0 aliphatic rings. The molecule has 4 nitrogen and oxygen atoms in total. The van der Waals surface area contributed by atoms with Crippen molar-refractivity contribution in [2.75, 3.05) is 14.1 Å². The Morgan fingerprint density at radius 2 is 1.69 bits per heavy atom. The molecule has 3 aromatic rings. The number of aromatic amines is 1. The molecule has 5 heteroatoms. The SMILES string of the molecule is Cc1[nH]c(SC(C(=O)N(C)C)c2ccccc2)nc1Cc1ccccc1. The predicted molar refractivity (Wildman–Crippen MR) is 106 cm³/mol. The average Bonchev–Trinajstić information content (AvgIpc) is 3.00. The van der Waals surface area contributed by atoms with Crippen LogP contribution in [0.2, 0.25) is 0 Å². The van der Waals surface area contributed by atoms with Crippen LogP contribution in [-0.2, 0) is 11.2 Å². The van der Waals surface area contributed by atoms with E-state index < -0.39 is 0 Å². The number of benzene rings is 2. The largest absolute Gasteiger partial charge is 0.348 e. The minimum atomic E-state index is -0.318. The topological polar surface area (TPSA) is 49.0 Å². The fourth-order valence-electron chi connectivity index (χ4n) is 2.72. The Balaban J connectivity index is 1.83. The van der Waals surface area contributed by atoms with E-state index in [9.17, 15) is 4.79 Å². The molecule has 134 valence electrons. The van der Waals surface area contributed by atoms with Crippen molar-refractivity contribution in [2.45, 2.75) is 23.8 Å². The number of nitrogens with one attached hydrogen (secondary N) is 1. The van der Waals surface area contributed by atoms with Crippen molar-refractivity contribution in [3.63, 3.8) is 0 Å². The molecule has 2 aromatic carbocycles. The van der Waals surface area contributed by atoms with Crippen LogP contribution in [0, 0.1) is 6.92 Å². The molecule has 1 aromatic heterocycles. The highest BCUT2D eigenvalue weighted by Gasteiger charge is 2.25. The molecule has 26 heavy (non-hydrogen) atoms. The summed E-state index contributed by atoms with van der Waals surface area (Å²) in [5.41, 5.74) is 4.26. The second-order valence-corrected chi connectivity index (χ2v) is 7.51. The van der Waals surface area contributed by atoms with Gasteiger partial charge in [-0.25, -0.2) is 4.98 Å². The number of hydrogen-bond donors (Lipinski definition) is 1. The van der Waals surface area contributed by atoms with E-state index in [2.05, 4.69) is 17.1 Å². The highest BCUT2D eigenvalue weighted by Crippen LogP contribution is 2.35. The van der Waals surface area contributed by atoms with E-state index in [0.29, 0.717) is 0 Å². The summed E-state index contributed by atoms with van der Waals surface area (Å²) in [6.45, 7) is 2.03. The van der Waals surface area contributed by atoms with E-state index in [4.69, 9.17) is 4.98 Å². The van der Waals surface area contributed by atoms with Gasteiger partial charge in [0.1, 0.15) is 5.25 Å². The normalized spacial score (nSPS) is 12.0. The number of likely N-dealkylation sites (N-methyl/N-ethyl adjacent to an activating group) is 1. The minimum absolute atomic E-state index is 0.0554. The second-order valence-electron chi connectivity index (χ2n) is 6.42. The molecule has 0 spiro atoms. The highest BCUT2D eigenvalue weighted by molar-refractivity contribution is 8.00. The fourth-order valence-corrected chi connectivity index (χ4v) is 3.92. The third kappa shape index (κ3) is 4.35. The number of thioether (sulfide) groups is 1. The average molecular weight is 366 g/mol. The van der Waals surface area contributed by atoms with Gasteiger partial charge >= 0.3 is 0 Å². The van der Waals surface area contributed by atoms with Gasteiger partial charge in [-0.2, -0.15) is 0 Å². The summed E-state index contributed by atoms with van der Waals surface area (Å²) in [6.07, 6.45) is 0.779. The summed E-state index contributed by atoms with van der Waals surface area (Å²) >= 11 is 1.47. The van der Waals surface area contributed by atoms with E-state index in [1.807, 2.05) is 55.5 Å². The Kier molecular flexibility index (Phi) is 5.78. The molecule has 3 rings (SSSR count). The van der Waals surface area contributed by atoms with Gasteiger partial charge in [0.05, 0.1) is 5.69 Å². The lowest BCUT2D eigenvalue weighted by atomic mass is 10.1. The van der Waals surface area contributed by atoms with Crippen molar-refractivity contribution < 1.29 is 4.79 Å². The zero-order valence-electron chi connectivity index (χ0n) is 15.3. The Morgan fingerprint density at radius 3 is 2.31 bits per heavy atom. The van der Waals surface area contributed by atoms with E-state index in [1.165, 1.54) is 17.3 Å². The first-order chi connectivity index (χ1) is 12.5. The molecular formula is C21H23N3OS. The number of aromatic nitrogens is 2. The molecular weight excluding hydrogens is 342 g/mol. The monoisotopic (exact) mass is 365 g/mol. The van der Waals surface area contributed by atoms with E-state index in [-0.39, 0.29) is 11.2 Å². The van der Waals surface area contributed by atoms with Crippen LogP contribution in [0.5, 0.6) is 0 Å². The summed E-state index contributed by atoms with van der Waals surface area (Å²) < 4.78 is 0. The Labute approximate surface area is 158 Å². The van der Waals surface area contributed by atoms with Crippen molar-refractivity contribution in [1.29, 1.82) is 0 Å². The number of carbonyl (C=O) groups excluding carboxylic acids is 1. The Bertz CT molecular complexity index is 859. The van der Waals surface area contributed by atoms with Crippen LogP contribution in [0.1, 0.15) is 27.8 Å². The Morgan fingerprint density at radius 1 is 1.08 bits per heavy atom. The number of nitrogens with zero attached hydrogens (tertiary/aromatic N) is 2. The van der Waals surface area contributed by atoms with Gasteiger partial charge in [0, 0.05) is 26.2 Å². The summed E-state index contributed by atoms with van der Waals surface area (Å²) in [5, 5.41) is 0.457. The van der Waals surface area contributed by atoms with Crippen LogP contribution in [-0.4, -0.2) is 34.9 Å². The third-order valence-electron chi connectivity index (χ3n) is 4.18. The van der Waals surface area contributed by atoms with Crippen molar-refractivity contribution in [1.82, 2.24) is 14.9 Å². The maximum atomic E-state index is 12.7. The summed E-state index contributed by atoms with van der Waals surface area (Å²) in [5.74, 6) is 0.0554. The van der Waals surface area contributed by atoms with E-state index in [0.717, 1.165) is 28.5 Å². The summed E-state index contributed by atoms with van der Waals surface area (Å²) in [6, 6.07) is 20.1. The summed E-state index contributed by atoms with van der Waals surface area (Å²) in [4.78, 5) is 22.4. The van der Waals surface area contributed by atoms with Gasteiger partial charge in [-0.1, -0.05) is 72.4 Å². The van der Waals surface area contributed by atoms with Gasteiger partial charge in [-0.05, 0) is 18.1 Å². The van der Waals surface area contributed by atoms with Gasteiger partial charge in [-0.3, -0.25) is 4.79 Å². The number of aryl methyl sites for hydroxylation is 1. The third-order valence-corrected chi connectivity index (χ3v) is 5.30. The maximum absolute atomic E-state index is 12.7. The molecule has 0 saturated heterocycles. The number of rotatable bonds is 6. The second kappa shape index (κ2) is 8.23. The van der Waals surface area contributed by atoms with Gasteiger partial charge in [0.25, 0.3) is 0 Å². The number of H-pyrrole nitrogens is 1. The first-order valence-corrected chi connectivity index (χ1v) is 9.44. The highest BCUT2D eigenvalue weighted by atomic mass is 32.2. The van der Waals surface area contributed by atoms with Gasteiger partial charge < -0.3 is 9.88 Å². The zero-order chi connectivity index (χ0) is 18.5. The standard InChI is InChI=1S/C21H23N3OS/c1-15-18(14-16-10-6-4-7-11-16)23-21(22-15)26-19(20(25)24(2)3)17-12-8-5-9-13-17/h4-13,19H,14H2,1-3H3,(H,22,23). The van der Waals surface area contributed by atoms with E-state index >= 15 is 0 Å². The first kappa shape index (κ1) is 18.3.